The number of esters is 1. The molecule has 0 radical (unpaired) electrons. The van der Waals surface area contributed by atoms with Gasteiger partial charge in [0.1, 0.15) is 16.2 Å². The van der Waals surface area contributed by atoms with Gasteiger partial charge in [0.05, 0.1) is 23.8 Å². The maximum absolute atomic E-state index is 12.7. The number of aryl methyl sites for hydroxylation is 3. The van der Waals surface area contributed by atoms with Crippen LogP contribution in [0.15, 0.2) is 11.5 Å². The fourth-order valence-corrected chi connectivity index (χ4v) is 6.98. The summed E-state index contributed by atoms with van der Waals surface area (Å²) < 4.78 is 6.80. The fourth-order valence-electron chi connectivity index (χ4n) is 3.99. The van der Waals surface area contributed by atoms with Crippen LogP contribution < -0.4 is 5.32 Å². The topological polar surface area (TPSA) is 98.5 Å². The van der Waals surface area contributed by atoms with Gasteiger partial charge in [-0.2, -0.15) is 0 Å². The highest BCUT2D eigenvalue weighted by atomic mass is 32.2. The number of nitrogens with zero attached hydrogens (tertiary/aromatic N) is 4. The Morgan fingerprint density at radius 1 is 1.22 bits per heavy atom. The number of aromatic nitrogens is 4. The number of rotatable bonds is 5. The zero-order valence-corrected chi connectivity index (χ0v) is 20.3. The molecule has 4 aromatic rings. The number of thiophene rings is 2. The first-order valence-electron chi connectivity index (χ1n) is 10.2. The van der Waals surface area contributed by atoms with Crippen LogP contribution in [-0.4, -0.2) is 44.3 Å². The second kappa shape index (κ2) is 8.45. The van der Waals surface area contributed by atoms with E-state index < -0.39 is 5.97 Å². The van der Waals surface area contributed by atoms with Gasteiger partial charge >= 0.3 is 5.97 Å². The van der Waals surface area contributed by atoms with Gasteiger partial charge in [-0.15, -0.1) is 32.9 Å². The minimum absolute atomic E-state index is 0.143. The molecule has 0 saturated carbocycles. The second-order valence-electron chi connectivity index (χ2n) is 7.63. The molecule has 0 bridgehead atoms. The van der Waals surface area contributed by atoms with Gasteiger partial charge in [-0.1, -0.05) is 11.8 Å². The zero-order valence-electron chi connectivity index (χ0n) is 17.9. The second-order valence-corrected chi connectivity index (χ2v) is 10.9. The Hall–Kier alpha value is -2.50. The summed E-state index contributed by atoms with van der Waals surface area (Å²) in [5, 5.41) is 13.7. The number of ether oxygens (including phenoxy) is 1. The lowest BCUT2D eigenvalue weighted by molar-refractivity contribution is -0.113. The smallest absolute Gasteiger partial charge is 0.341 e. The minimum Gasteiger partial charge on any atom is -0.465 e. The van der Waals surface area contributed by atoms with E-state index in [9.17, 15) is 9.59 Å². The van der Waals surface area contributed by atoms with Gasteiger partial charge in [-0.3, -0.25) is 9.20 Å². The summed E-state index contributed by atoms with van der Waals surface area (Å²) in [6, 6.07) is 0. The van der Waals surface area contributed by atoms with Gasteiger partial charge < -0.3 is 10.1 Å². The van der Waals surface area contributed by atoms with E-state index in [1.54, 1.807) is 17.7 Å². The molecular weight excluding hydrogens is 466 g/mol. The summed E-state index contributed by atoms with van der Waals surface area (Å²) in [7, 11) is 1.37. The number of carbonyl (C=O) groups is 2. The lowest BCUT2D eigenvalue weighted by Crippen LogP contribution is -2.16. The van der Waals surface area contributed by atoms with Crippen molar-refractivity contribution >= 4 is 67.2 Å². The first-order valence-corrected chi connectivity index (χ1v) is 12.8. The average Bonchev–Trinajstić information content (AvgIpc) is 3.45. The summed E-state index contributed by atoms with van der Waals surface area (Å²) in [5.74, 6) is -0.455. The third-order valence-electron chi connectivity index (χ3n) is 5.69. The molecule has 4 aromatic heterocycles. The van der Waals surface area contributed by atoms with Gasteiger partial charge in [-0.25, -0.2) is 9.78 Å². The quantitative estimate of drug-likeness (QED) is 0.329. The molecule has 0 atom stereocenters. The van der Waals surface area contributed by atoms with Crippen LogP contribution >= 0.6 is 34.4 Å². The van der Waals surface area contributed by atoms with Gasteiger partial charge in [0.15, 0.2) is 10.8 Å². The predicted octanol–water partition coefficient (Wildman–Crippen LogP) is 4.41. The number of methoxy groups -OCH3 is 1. The molecule has 0 unspecified atom stereocenters. The number of amides is 1. The van der Waals surface area contributed by atoms with Crippen LogP contribution in [-0.2, 0) is 22.4 Å². The number of hydrogen-bond acceptors (Lipinski definition) is 9. The first-order chi connectivity index (χ1) is 15.5. The van der Waals surface area contributed by atoms with E-state index in [0.29, 0.717) is 15.7 Å². The fraction of sp³-hybridized carbons (Fsp3) is 0.381. The van der Waals surface area contributed by atoms with Crippen LogP contribution in [0.4, 0.5) is 5.00 Å². The van der Waals surface area contributed by atoms with Crippen LogP contribution in [0.25, 0.3) is 15.9 Å². The molecule has 0 aliphatic heterocycles. The van der Waals surface area contributed by atoms with Crippen molar-refractivity contribution in [3.8, 4) is 0 Å². The summed E-state index contributed by atoms with van der Waals surface area (Å²) in [5.41, 5.74) is 3.44. The molecule has 0 fully saturated rings. The van der Waals surface area contributed by atoms with Crippen molar-refractivity contribution in [2.75, 3.05) is 18.2 Å². The molecule has 4 heterocycles. The highest BCUT2D eigenvalue weighted by Crippen LogP contribution is 2.39. The number of carbonyl (C=O) groups excluding carboxylic acids is 2. The molecule has 0 saturated heterocycles. The lowest BCUT2D eigenvalue weighted by atomic mass is 9.95. The summed E-state index contributed by atoms with van der Waals surface area (Å²) in [6.07, 6.45) is 5.62. The van der Waals surface area contributed by atoms with Crippen molar-refractivity contribution in [3.05, 3.63) is 32.8 Å². The largest absolute Gasteiger partial charge is 0.465 e. The van der Waals surface area contributed by atoms with Crippen molar-refractivity contribution in [2.45, 2.75) is 44.7 Å². The van der Waals surface area contributed by atoms with Crippen LogP contribution in [0.3, 0.4) is 0 Å². The number of thioether (sulfide) groups is 1. The number of anilines is 1. The van der Waals surface area contributed by atoms with Gasteiger partial charge in [-0.05, 0) is 50.7 Å². The molecule has 0 aromatic carbocycles. The number of hydrogen-bond donors (Lipinski definition) is 1. The average molecular weight is 488 g/mol. The molecule has 1 amide bonds. The molecule has 1 aliphatic carbocycles. The summed E-state index contributed by atoms with van der Waals surface area (Å²) >= 11 is 4.41. The molecule has 0 spiro atoms. The Kier molecular flexibility index (Phi) is 5.64. The number of fused-ring (bicyclic) bond motifs is 4. The summed E-state index contributed by atoms with van der Waals surface area (Å²) in [4.78, 5) is 33.0. The SMILES string of the molecule is COC(=O)c1c(NC(=O)CSc2nnc3c4c(C)c(C)sc4ncn23)sc2c1CCCC2. The molecule has 32 heavy (non-hydrogen) atoms. The third-order valence-corrected chi connectivity index (χ3v) is 8.96. The van der Waals surface area contributed by atoms with Crippen LogP contribution in [0.1, 0.15) is 44.1 Å². The molecule has 1 aliphatic rings. The Labute approximate surface area is 196 Å². The first kappa shape index (κ1) is 21.4. The van der Waals surface area contributed by atoms with Crippen LogP contribution in [0.2, 0.25) is 0 Å². The van der Waals surface area contributed by atoms with E-state index in [-0.39, 0.29) is 11.7 Å². The Morgan fingerprint density at radius 3 is 2.84 bits per heavy atom. The van der Waals surface area contributed by atoms with Crippen molar-refractivity contribution in [1.29, 1.82) is 0 Å². The minimum atomic E-state index is -0.396. The lowest BCUT2D eigenvalue weighted by Gasteiger charge is -2.11. The van der Waals surface area contributed by atoms with E-state index in [0.717, 1.165) is 52.7 Å². The normalized spacial score (nSPS) is 13.5. The van der Waals surface area contributed by atoms with E-state index in [2.05, 4.69) is 34.3 Å². The van der Waals surface area contributed by atoms with Crippen molar-refractivity contribution in [1.82, 2.24) is 19.6 Å². The van der Waals surface area contributed by atoms with Crippen molar-refractivity contribution in [3.63, 3.8) is 0 Å². The monoisotopic (exact) mass is 487 g/mol. The molecule has 166 valence electrons. The van der Waals surface area contributed by atoms with E-state index >= 15 is 0 Å². The van der Waals surface area contributed by atoms with E-state index in [1.165, 1.54) is 40.0 Å². The van der Waals surface area contributed by atoms with Gasteiger partial charge in [0.2, 0.25) is 5.91 Å². The Morgan fingerprint density at radius 2 is 2.03 bits per heavy atom. The summed E-state index contributed by atoms with van der Waals surface area (Å²) in [6.45, 7) is 4.13. The third kappa shape index (κ3) is 3.57. The molecule has 11 heteroatoms. The zero-order chi connectivity index (χ0) is 22.4. The highest BCUT2D eigenvalue weighted by Gasteiger charge is 2.27. The predicted molar refractivity (Wildman–Crippen MR) is 127 cm³/mol. The Balaban J connectivity index is 1.36. The van der Waals surface area contributed by atoms with Gasteiger partial charge in [0.25, 0.3) is 0 Å². The standard InChI is InChI=1S/C21H21N5O3S3/c1-10-11(2)31-18-15(10)17-24-25-21(26(17)9-22-18)30-8-14(27)23-19-16(20(28)29-3)12-6-4-5-7-13(12)32-19/h9H,4-8H2,1-3H3,(H,23,27). The number of nitrogens with one attached hydrogen (secondary N) is 1. The van der Waals surface area contributed by atoms with Crippen molar-refractivity contribution in [2.24, 2.45) is 0 Å². The highest BCUT2D eigenvalue weighted by molar-refractivity contribution is 7.99. The van der Waals surface area contributed by atoms with Crippen LogP contribution in [0.5, 0.6) is 0 Å². The van der Waals surface area contributed by atoms with Gasteiger partial charge in [0, 0.05) is 9.75 Å². The molecular formula is C21H21N5O3S3. The molecule has 5 rings (SSSR count). The molecule has 1 N–H and O–H groups in total. The van der Waals surface area contributed by atoms with Crippen LogP contribution in [0, 0.1) is 13.8 Å². The molecule has 8 nitrogen and oxygen atoms in total. The van der Waals surface area contributed by atoms with Crippen molar-refractivity contribution < 1.29 is 14.3 Å². The Bertz CT molecular complexity index is 1370. The maximum atomic E-state index is 12.7. The maximum Gasteiger partial charge on any atom is 0.341 e. The van der Waals surface area contributed by atoms with E-state index in [1.807, 2.05) is 4.40 Å². The van der Waals surface area contributed by atoms with E-state index in [4.69, 9.17) is 4.74 Å².